The van der Waals surface area contributed by atoms with E-state index in [2.05, 4.69) is 0 Å². The van der Waals surface area contributed by atoms with Crippen molar-refractivity contribution in [3.8, 4) is 0 Å². The first-order valence-corrected chi connectivity index (χ1v) is 6.90. The number of nitro groups is 1. The lowest BCUT2D eigenvalue weighted by Gasteiger charge is -2.15. The van der Waals surface area contributed by atoms with E-state index < -0.39 is 44.5 Å². The molecule has 3 N–H and O–H groups in total. The highest BCUT2D eigenvalue weighted by Gasteiger charge is 2.30. The number of benzene rings is 1. The smallest absolute Gasteiger partial charge is 0.273 e. The van der Waals surface area contributed by atoms with E-state index in [-0.39, 0.29) is 18.0 Å². The van der Waals surface area contributed by atoms with Crippen molar-refractivity contribution in [1.82, 2.24) is 4.72 Å². The molecule has 0 unspecified atom stereocenters. The quantitative estimate of drug-likeness (QED) is 0.593. The summed E-state index contributed by atoms with van der Waals surface area (Å²) >= 11 is 0. The molecule has 0 radical (unpaired) electrons. The molecule has 0 heterocycles. The minimum atomic E-state index is -4.28. The number of nitrogens with two attached hydrogens (primary N) is 1. The van der Waals surface area contributed by atoms with Crippen LogP contribution in [0.5, 0.6) is 0 Å². The highest BCUT2D eigenvalue weighted by atomic mass is 35.5. The van der Waals surface area contributed by atoms with Gasteiger partial charge in [0, 0.05) is 11.6 Å². The second kappa shape index (κ2) is 7.07. The predicted octanol–water partition coefficient (Wildman–Crippen LogP) is 1.20. The van der Waals surface area contributed by atoms with E-state index in [4.69, 9.17) is 5.73 Å². The molecule has 0 aromatic heterocycles. The summed E-state index contributed by atoms with van der Waals surface area (Å²) in [4.78, 5) is 9.55. The van der Waals surface area contributed by atoms with Crippen molar-refractivity contribution in [2.75, 3.05) is 13.1 Å². The summed E-state index contributed by atoms with van der Waals surface area (Å²) in [7, 11) is -4.28. The third-order valence-electron chi connectivity index (χ3n) is 2.56. The van der Waals surface area contributed by atoms with Gasteiger partial charge in [-0.05, 0) is 13.0 Å². The molecule has 0 aliphatic rings. The second-order valence-electron chi connectivity index (χ2n) is 4.04. The molecule has 0 atom stereocenters. The molecule has 0 saturated carbocycles. The van der Waals surface area contributed by atoms with Gasteiger partial charge in [-0.3, -0.25) is 10.1 Å². The van der Waals surface area contributed by atoms with Crippen molar-refractivity contribution in [2.24, 2.45) is 5.73 Å². The molecular weight excluding hydrogens is 332 g/mol. The fraction of sp³-hybridized carbons (Fsp3) is 0.400. The van der Waals surface area contributed by atoms with Crippen LogP contribution in [-0.2, 0) is 10.0 Å². The lowest BCUT2D eigenvalue weighted by Crippen LogP contribution is -2.41. The highest BCUT2D eigenvalue weighted by Crippen LogP contribution is 2.24. The van der Waals surface area contributed by atoms with Crippen molar-refractivity contribution in [3.05, 3.63) is 33.9 Å². The van der Waals surface area contributed by atoms with E-state index in [0.29, 0.717) is 0 Å². The Hall–Kier alpha value is -1.36. The minimum absolute atomic E-state index is 0. The van der Waals surface area contributed by atoms with Crippen LogP contribution >= 0.6 is 12.4 Å². The van der Waals surface area contributed by atoms with Crippen LogP contribution in [0.4, 0.5) is 14.5 Å². The SMILES string of the molecule is Cc1c([N+](=O)[O-])cccc1S(=O)(=O)NCC(F)(F)CN.Cl. The average Bonchev–Trinajstić information content (AvgIpc) is 2.36. The Balaban J connectivity index is 0.00000400. The molecule has 120 valence electrons. The Morgan fingerprint density at radius 3 is 2.48 bits per heavy atom. The van der Waals surface area contributed by atoms with Gasteiger partial charge >= 0.3 is 0 Å². The molecule has 0 amide bonds. The van der Waals surface area contributed by atoms with Gasteiger partial charge in [0.15, 0.2) is 0 Å². The average molecular weight is 346 g/mol. The number of rotatable bonds is 6. The Morgan fingerprint density at radius 1 is 1.43 bits per heavy atom. The lowest BCUT2D eigenvalue weighted by atomic mass is 10.2. The molecule has 0 spiro atoms. The second-order valence-corrected chi connectivity index (χ2v) is 5.78. The van der Waals surface area contributed by atoms with Crippen LogP contribution in [-0.4, -0.2) is 32.4 Å². The van der Waals surface area contributed by atoms with Crippen molar-refractivity contribution < 1.29 is 22.1 Å². The summed E-state index contributed by atoms with van der Waals surface area (Å²) in [5, 5.41) is 10.7. The molecular formula is C10H14ClF2N3O4S. The zero-order valence-electron chi connectivity index (χ0n) is 10.9. The molecule has 21 heavy (non-hydrogen) atoms. The summed E-state index contributed by atoms with van der Waals surface area (Å²) in [6.45, 7) is -0.953. The number of sulfonamides is 1. The van der Waals surface area contributed by atoms with Gasteiger partial charge in [-0.15, -0.1) is 12.4 Å². The Kier molecular flexibility index (Phi) is 6.61. The van der Waals surface area contributed by atoms with Gasteiger partial charge in [-0.2, -0.15) is 0 Å². The Labute approximate surface area is 126 Å². The molecule has 7 nitrogen and oxygen atoms in total. The van der Waals surface area contributed by atoms with E-state index in [1.807, 2.05) is 0 Å². The number of halogens is 3. The Morgan fingerprint density at radius 2 is 2.00 bits per heavy atom. The molecule has 0 aliphatic carbocycles. The zero-order valence-corrected chi connectivity index (χ0v) is 12.5. The van der Waals surface area contributed by atoms with E-state index in [1.165, 1.54) is 13.0 Å². The monoisotopic (exact) mass is 345 g/mol. The molecule has 1 aromatic rings. The Bertz CT molecular complexity index is 625. The van der Waals surface area contributed by atoms with Crippen molar-refractivity contribution >= 4 is 28.1 Å². The molecule has 11 heteroatoms. The molecule has 1 aromatic carbocycles. The van der Waals surface area contributed by atoms with E-state index in [1.54, 1.807) is 4.72 Å². The van der Waals surface area contributed by atoms with Gasteiger partial charge in [0.25, 0.3) is 11.6 Å². The van der Waals surface area contributed by atoms with Gasteiger partial charge in [0.05, 0.1) is 22.9 Å². The fourth-order valence-corrected chi connectivity index (χ4v) is 2.76. The number of nitro benzene ring substituents is 1. The number of nitrogens with zero attached hydrogens (tertiary/aromatic N) is 1. The fourth-order valence-electron chi connectivity index (χ4n) is 1.44. The van der Waals surface area contributed by atoms with Crippen LogP contribution in [0.15, 0.2) is 23.1 Å². The normalized spacial score (nSPS) is 11.8. The summed E-state index contributed by atoms with van der Waals surface area (Å²) in [5.74, 6) is -3.39. The van der Waals surface area contributed by atoms with Crippen LogP contribution in [0.3, 0.4) is 0 Å². The van der Waals surface area contributed by atoms with E-state index in [9.17, 15) is 27.3 Å². The molecule has 0 fully saturated rings. The maximum Gasteiger partial charge on any atom is 0.273 e. The topological polar surface area (TPSA) is 115 Å². The van der Waals surface area contributed by atoms with Gasteiger partial charge in [-0.25, -0.2) is 21.9 Å². The third kappa shape index (κ3) is 4.84. The molecule has 0 bridgehead atoms. The largest absolute Gasteiger partial charge is 0.325 e. The number of nitrogens with one attached hydrogen (secondary N) is 1. The first kappa shape index (κ1) is 19.6. The summed E-state index contributed by atoms with van der Waals surface area (Å²) in [6.07, 6.45) is 0. The molecule has 0 aliphatic heterocycles. The van der Waals surface area contributed by atoms with Crippen LogP contribution in [0.2, 0.25) is 0 Å². The number of hydrogen-bond acceptors (Lipinski definition) is 5. The summed E-state index contributed by atoms with van der Waals surface area (Å²) < 4.78 is 51.4. The van der Waals surface area contributed by atoms with Crippen molar-refractivity contribution in [1.29, 1.82) is 0 Å². The third-order valence-corrected chi connectivity index (χ3v) is 4.11. The highest BCUT2D eigenvalue weighted by molar-refractivity contribution is 7.89. The van der Waals surface area contributed by atoms with Gasteiger partial charge in [-0.1, -0.05) is 6.07 Å². The van der Waals surface area contributed by atoms with Crippen LogP contribution in [0.25, 0.3) is 0 Å². The lowest BCUT2D eigenvalue weighted by molar-refractivity contribution is -0.385. The van der Waals surface area contributed by atoms with Gasteiger partial charge in [0.1, 0.15) is 0 Å². The van der Waals surface area contributed by atoms with Crippen molar-refractivity contribution in [2.45, 2.75) is 17.7 Å². The summed E-state index contributed by atoms with van der Waals surface area (Å²) in [5.41, 5.74) is 4.27. The maximum absolute atomic E-state index is 12.9. The van der Waals surface area contributed by atoms with E-state index >= 15 is 0 Å². The number of hydrogen-bond donors (Lipinski definition) is 2. The standard InChI is InChI=1S/C10H13F2N3O4S.ClH/c1-7-8(15(16)17)3-2-4-9(7)20(18,19)14-6-10(11,12)5-13;/h2-4,14H,5-6,13H2,1H3;1H. The van der Waals surface area contributed by atoms with Gasteiger partial charge < -0.3 is 5.73 Å². The van der Waals surface area contributed by atoms with Crippen molar-refractivity contribution in [3.63, 3.8) is 0 Å². The van der Waals surface area contributed by atoms with Crippen LogP contribution < -0.4 is 10.5 Å². The van der Waals surface area contributed by atoms with Crippen LogP contribution in [0.1, 0.15) is 5.56 Å². The first-order valence-electron chi connectivity index (χ1n) is 5.42. The number of alkyl halides is 2. The molecule has 1 rings (SSSR count). The predicted molar refractivity (Wildman–Crippen MR) is 74.3 cm³/mol. The first-order chi connectivity index (χ1) is 9.10. The minimum Gasteiger partial charge on any atom is -0.325 e. The summed E-state index contributed by atoms with van der Waals surface area (Å²) in [6, 6.07) is 3.40. The molecule has 0 saturated heterocycles. The van der Waals surface area contributed by atoms with E-state index in [0.717, 1.165) is 12.1 Å². The van der Waals surface area contributed by atoms with Gasteiger partial charge in [0.2, 0.25) is 10.0 Å². The zero-order chi connectivity index (χ0) is 15.6. The van der Waals surface area contributed by atoms with Crippen LogP contribution in [0, 0.1) is 17.0 Å². The maximum atomic E-state index is 12.9.